The van der Waals surface area contributed by atoms with Gasteiger partial charge in [-0.15, -0.1) is 0 Å². The fourth-order valence-electron chi connectivity index (χ4n) is 6.44. The van der Waals surface area contributed by atoms with Crippen LogP contribution in [0.25, 0.3) is 22.0 Å². The number of aliphatic hydroxyl groups is 1. The average molecular weight is 691 g/mol. The molecule has 0 spiro atoms. The highest BCUT2D eigenvalue weighted by molar-refractivity contribution is 6.31. The smallest absolute Gasteiger partial charge is 0.124 e. The molecular weight excluding hydrogens is 648 g/mol. The molecule has 1 saturated heterocycles. The van der Waals surface area contributed by atoms with Crippen LogP contribution in [0.5, 0.6) is 5.75 Å². The van der Waals surface area contributed by atoms with Gasteiger partial charge < -0.3 is 30.8 Å². The molecule has 4 N–H and O–H groups in total. The summed E-state index contributed by atoms with van der Waals surface area (Å²) in [4.78, 5) is 6.68. The van der Waals surface area contributed by atoms with E-state index < -0.39 is 0 Å². The minimum Gasteiger partial charge on any atom is -0.489 e. The molecule has 0 bridgehead atoms. The van der Waals surface area contributed by atoms with Crippen LogP contribution < -0.4 is 15.4 Å². The summed E-state index contributed by atoms with van der Waals surface area (Å²) in [5.74, 6) is 0.641. The number of hydrogen-bond donors (Lipinski definition) is 4. The summed E-state index contributed by atoms with van der Waals surface area (Å²) in [6.45, 7) is 7.34. The number of halogens is 1. The van der Waals surface area contributed by atoms with Crippen LogP contribution in [0.4, 0.5) is 5.69 Å². The molecule has 6 rings (SSSR count). The monoisotopic (exact) mass is 690 g/mol. The van der Waals surface area contributed by atoms with E-state index in [1.165, 1.54) is 38.3 Å². The van der Waals surface area contributed by atoms with E-state index in [1.54, 1.807) is 12.3 Å². The van der Waals surface area contributed by atoms with Crippen molar-refractivity contribution in [3.8, 4) is 22.9 Å². The Bertz CT molecular complexity index is 1980. The Morgan fingerprint density at radius 2 is 1.90 bits per heavy atom. The lowest BCUT2D eigenvalue weighted by atomic mass is 9.96. The summed E-state index contributed by atoms with van der Waals surface area (Å²) < 4.78 is 8.23. The van der Waals surface area contributed by atoms with Crippen LogP contribution in [0.2, 0.25) is 5.02 Å². The molecule has 1 aliphatic rings. The minimum absolute atomic E-state index is 0.00394. The van der Waals surface area contributed by atoms with Crippen LogP contribution in [0.1, 0.15) is 54.0 Å². The average Bonchev–Trinajstić information content (AvgIpc) is 3.83. The third kappa shape index (κ3) is 8.32. The van der Waals surface area contributed by atoms with E-state index in [2.05, 4.69) is 38.7 Å². The van der Waals surface area contributed by atoms with Crippen LogP contribution in [0.15, 0.2) is 73.2 Å². The summed E-state index contributed by atoms with van der Waals surface area (Å²) in [5, 5.41) is 40.4. The molecule has 11 heteroatoms. The maximum Gasteiger partial charge on any atom is 0.124 e. The van der Waals surface area contributed by atoms with Crippen molar-refractivity contribution in [1.82, 2.24) is 25.0 Å². The zero-order chi connectivity index (χ0) is 34.9. The lowest BCUT2D eigenvalue weighted by Gasteiger charge is -2.18. The van der Waals surface area contributed by atoms with E-state index in [0.717, 1.165) is 69.5 Å². The number of anilines is 1. The maximum absolute atomic E-state index is 9.55. The fraction of sp³-hybridized carbons (Fsp3) is 0.333. The lowest BCUT2D eigenvalue weighted by molar-refractivity contribution is 0.249. The second-order valence-electron chi connectivity index (χ2n) is 12.8. The number of fused-ring (bicyclic) bond motifs is 1. The Hall–Kier alpha value is -4.79. The number of pyridine rings is 1. The van der Waals surface area contributed by atoms with Crippen molar-refractivity contribution in [2.24, 2.45) is 0 Å². The number of nitriles is 1. The van der Waals surface area contributed by atoms with Gasteiger partial charge in [-0.3, -0.25) is 9.67 Å². The van der Waals surface area contributed by atoms with Crippen molar-refractivity contribution in [3.63, 3.8) is 0 Å². The van der Waals surface area contributed by atoms with Gasteiger partial charge in [0.2, 0.25) is 0 Å². The number of aromatic nitrogens is 3. The zero-order valence-electron chi connectivity index (χ0n) is 28.3. The first-order valence-corrected chi connectivity index (χ1v) is 17.5. The van der Waals surface area contributed by atoms with Crippen LogP contribution >= 0.6 is 11.6 Å². The third-order valence-electron chi connectivity index (χ3n) is 9.18. The van der Waals surface area contributed by atoms with Crippen LogP contribution in [0.3, 0.4) is 0 Å². The highest BCUT2D eigenvalue weighted by Crippen LogP contribution is 2.35. The zero-order valence-corrected chi connectivity index (χ0v) is 29.1. The van der Waals surface area contributed by atoms with E-state index in [0.29, 0.717) is 29.4 Å². The van der Waals surface area contributed by atoms with Gasteiger partial charge in [-0.1, -0.05) is 35.9 Å². The first kappa shape index (κ1) is 35.1. The first-order valence-electron chi connectivity index (χ1n) is 17.1. The van der Waals surface area contributed by atoms with E-state index in [-0.39, 0.29) is 19.3 Å². The summed E-state index contributed by atoms with van der Waals surface area (Å²) in [5.41, 5.74) is 7.68. The van der Waals surface area contributed by atoms with Crippen molar-refractivity contribution >= 4 is 34.4 Å². The van der Waals surface area contributed by atoms with E-state index in [1.807, 2.05) is 54.2 Å². The standard InChI is InChI=1S/C39H43ClN8O2/c1-27(25-49)45-22-30-16-36(40)31(17-39(30)50-26-29-15-28(18-41)20-43-21-29)24-48-38-10-5-8-33(35(38)23-46-48)32-7-4-9-37(34(32)19-42)44-11-6-14-47-12-2-3-13-47/h4-5,7-10,15-17,19-21,23,27,42,44-45,49H,2-3,6,11-14,22,24-26H2,1H3. The van der Waals surface area contributed by atoms with Crippen molar-refractivity contribution in [2.45, 2.75) is 51.9 Å². The Kier molecular flexibility index (Phi) is 11.7. The molecule has 5 aromatic rings. The van der Waals surface area contributed by atoms with Crippen LogP contribution in [-0.2, 0) is 19.7 Å². The van der Waals surface area contributed by atoms with E-state index in [9.17, 15) is 10.4 Å². The predicted octanol–water partition coefficient (Wildman–Crippen LogP) is 6.62. The number of likely N-dealkylation sites (tertiary alicyclic amines) is 1. The summed E-state index contributed by atoms with van der Waals surface area (Å²) in [7, 11) is 0. The first-order chi connectivity index (χ1) is 24.5. The van der Waals surface area contributed by atoms with Crippen molar-refractivity contribution in [2.75, 3.05) is 38.1 Å². The van der Waals surface area contributed by atoms with Gasteiger partial charge in [-0.2, -0.15) is 10.4 Å². The Morgan fingerprint density at radius 1 is 1.08 bits per heavy atom. The molecule has 1 fully saturated rings. The van der Waals surface area contributed by atoms with Gasteiger partial charge in [0.15, 0.2) is 0 Å². The molecule has 0 saturated carbocycles. The Labute approximate surface area is 298 Å². The summed E-state index contributed by atoms with van der Waals surface area (Å²) >= 11 is 6.89. The molecule has 0 amide bonds. The molecule has 1 unspecified atom stereocenters. The molecule has 0 radical (unpaired) electrons. The van der Waals surface area contributed by atoms with Gasteiger partial charge >= 0.3 is 0 Å². The van der Waals surface area contributed by atoms with Gasteiger partial charge in [-0.05, 0) is 92.8 Å². The quantitative estimate of drug-likeness (QED) is 0.0671. The highest BCUT2D eigenvalue weighted by Gasteiger charge is 2.17. The van der Waals surface area contributed by atoms with Gasteiger partial charge in [-0.25, -0.2) is 0 Å². The fourth-order valence-corrected chi connectivity index (χ4v) is 6.68. The number of nitrogens with one attached hydrogen (secondary N) is 3. The van der Waals surface area contributed by atoms with Gasteiger partial charge in [0, 0.05) is 70.5 Å². The maximum atomic E-state index is 9.55. The molecular formula is C39H43ClN8O2. The largest absolute Gasteiger partial charge is 0.489 e. The van der Waals surface area contributed by atoms with Crippen molar-refractivity contribution < 1.29 is 9.84 Å². The molecule has 10 nitrogen and oxygen atoms in total. The lowest BCUT2D eigenvalue weighted by Crippen LogP contribution is -2.28. The molecule has 0 aliphatic carbocycles. The van der Waals surface area contributed by atoms with Crippen molar-refractivity contribution in [3.05, 3.63) is 106 Å². The number of benzene rings is 3. The van der Waals surface area contributed by atoms with E-state index in [4.69, 9.17) is 26.8 Å². The highest BCUT2D eigenvalue weighted by atomic mass is 35.5. The molecule has 2 aromatic heterocycles. The molecule has 50 heavy (non-hydrogen) atoms. The molecule has 3 aromatic carbocycles. The second-order valence-corrected chi connectivity index (χ2v) is 13.2. The number of hydrogen-bond acceptors (Lipinski definition) is 9. The topological polar surface area (TPSA) is 135 Å². The number of aliphatic hydroxyl groups excluding tert-OH is 1. The van der Waals surface area contributed by atoms with Gasteiger partial charge in [0.25, 0.3) is 0 Å². The number of nitrogens with zero attached hydrogens (tertiary/aromatic N) is 5. The van der Waals surface area contributed by atoms with Crippen LogP contribution in [0, 0.1) is 16.7 Å². The van der Waals surface area contributed by atoms with Crippen molar-refractivity contribution in [1.29, 1.82) is 10.7 Å². The summed E-state index contributed by atoms with van der Waals surface area (Å²) in [6, 6.07) is 19.9. The summed E-state index contributed by atoms with van der Waals surface area (Å²) in [6.07, 6.45) is 10.2. The van der Waals surface area contributed by atoms with Gasteiger partial charge in [0.05, 0.1) is 30.4 Å². The molecule has 258 valence electrons. The molecule has 1 atom stereocenters. The van der Waals surface area contributed by atoms with Gasteiger partial charge in [0.1, 0.15) is 18.4 Å². The molecule has 1 aliphatic heterocycles. The SMILES string of the molecule is CC(CO)NCc1cc(Cl)c(Cn2ncc3c(-c4cccc(NCCCN5CCCC5)c4C=N)cccc32)cc1OCc1cncc(C#N)c1. The molecule has 3 heterocycles. The second kappa shape index (κ2) is 16.7. The minimum atomic E-state index is -0.105. The normalized spacial score (nSPS) is 13.7. The number of ether oxygens (including phenoxy) is 1. The Balaban J connectivity index is 1.25. The predicted molar refractivity (Wildman–Crippen MR) is 199 cm³/mol. The third-order valence-corrected chi connectivity index (χ3v) is 9.53. The number of rotatable bonds is 16. The van der Waals surface area contributed by atoms with E-state index >= 15 is 0 Å². The Morgan fingerprint density at radius 3 is 2.70 bits per heavy atom. The van der Waals surface area contributed by atoms with Crippen LogP contribution in [-0.4, -0.2) is 69.8 Å².